The lowest BCUT2D eigenvalue weighted by Crippen LogP contribution is -2.09. The van der Waals surface area contributed by atoms with Crippen LogP contribution >= 0.6 is 0 Å². The van der Waals surface area contributed by atoms with Crippen LogP contribution in [0.2, 0.25) is 0 Å². The first-order valence-electron chi connectivity index (χ1n) is 8.55. The highest BCUT2D eigenvalue weighted by molar-refractivity contribution is 6.06. The molecule has 6 heteroatoms. The van der Waals surface area contributed by atoms with Crippen LogP contribution in [0.5, 0.6) is 0 Å². The Balaban J connectivity index is 2.13. The number of pyridine rings is 1. The molecular formula is C21H20N2O4. The largest absolute Gasteiger partial charge is 0.465 e. The Hall–Kier alpha value is -3.41. The normalized spacial score (nSPS) is 10.5. The van der Waals surface area contributed by atoms with Gasteiger partial charge in [-0.15, -0.1) is 0 Å². The fourth-order valence-corrected chi connectivity index (χ4v) is 2.79. The quantitative estimate of drug-likeness (QED) is 0.682. The summed E-state index contributed by atoms with van der Waals surface area (Å²) in [6.45, 7) is 3.99. The maximum absolute atomic E-state index is 12.4. The van der Waals surface area contributed by atoms with Crippen LogP contribution in [0, 0.1) is 6.92 Å². The van der Waals surface area contributed by atoms with E-state index in [1.165, 1.54) is 13.3 Å². The van der Waals surface area contributed by atoms with Gasteiger partial charge in [0.25, 0.3) is 0 Å². The summed E-state index contributed by atoms with van der Waals surface area (Å²) in [4.78, 5) is 28.6. The van der Waals surface area contributed by atoms with E-state index in [4.69, 9.17) is 9.47 Å². The van der Waals surface area contributed by atoms with Crippen molar-refractivity contribution in [3.63, 3.8) is 0 Å². The molecular weight excluding hydrogens is 344 g/mol. The minimum atomic E-state index is -0.458. The lowest BCUT2D eigenvalue weighted by Gasteiger charge is -2.15. The number of fused-ring (bicyclic) bond motifs is 1. The maximum atomic E-state index is 12.4. The lowest BCUT2D eigenvalue weighted by atomic mass is 10.1. The highest BCUT2D eigenvalue weighted by Crippen LogP contribution is 2.30. The summed E-state index contributed by atoms with van der Waals surface area (Å²) >= 11 is 0. The molecule has 0 fully saturated rings. The molecule has 27 heavy (non-hydrogen) atoms. The van der Waals surface area contributed by atoms with Crippen LogP contribution in [-0.2, 0) is 9.47 Å². The van der Waals surface area contributed by atoms with Gasteiger partial charge < -0.3 is 14.8 Å². The van der Waals surface area contributed by atoms with Crippen molar-refractivity contribution >= 4 is 34.2 Å². The van der Waals surface area contributed by atoms with E-state index in [1.54, 1.807) is 25.1 Å². The van der Waals surface area contributed by atoms with Gasteiger partial charge in [0.05, 0.1) is 30.5 Å². The molecule has 0 amide bonds. The summed E-state index contributed by atoms with van der Waals surface area (Å²) in [6.07, 6.45) is 1.50. The summed E-state index contributed by atoms with van der Waals surface area (Å²) in [6, 6.07) is 12.7. The van der Waals surface area contributed by atoms with Gasteiger partial charge in [-0.05, 0) is 44.2 Å². The van der Waals surface area contributed by atoms with Crippen molar-refractivity contribution in [2.24, 2.45) is 0 Å². The lowest BCUT2D eigenvalue weighted by molar-refractivity contribution is 0.0526. The van der Waals surface area contributed by atoms with Crippen molar-refractivity contribution in [1.82, 2.24) is 4.98 Å². The van der Waals surface area contributed by atoms with Crippen molar-refractivity contribution in [3.05, 3.63) is 65.4 Å². The molecule has 1 N–H and O–H groups in total. The zero-order valence-electron chi connectivity index (χ0n) is 15.4. The Morgan fingerprint density at radius 3 is 2.67 bits per heavy atom. The highest BCUT2D eigenvalue weighted by atomic mass is 16.5. The van der Waals surface area contributed by atoms with Crippen LogP contribution in [-0.4, -0.2) is 30.6 Å². The molecule has 2 aromatic carbocycles. The molecule has 0 aliphatic heterocycles. The third-order valence-electron chi connectivity index (χ3n) is 4.07. The van der Waals surface area contributed by atoms with Crippen molar-refractivity contribution in [1.29, 1.82) is 0 Å². The second-order valence-corrected chi connectivity index (χ2v) is 5.99. The second kappa shape index (κ2) is 7.86. The molecule has 3 rings (SSSR count). The molecule has 0 atom stereocenters. The first-order chi connectivity index (χ1) is 13.0. The van der Waals surface area contributed by atoms with E-state index in [2.05, 4.69) is 10.3 Å². The van der Waals surface area contributed by atoms with E-state index in [0.29, 0.717) is 22.5 Å². The monoisotopic (exact) mass is 364 g/mol. The fourth-order valence-electron chi connectivity index (χ4n) is 2.79. The summed E-state index contributed by atoms with van der Waals surface area (Å²) in [5.41, 5.74) is 3.77. The van der Waals surface area contributed by atoms with Crippen LogP contribution < -0.4 is 5.32 Å². The zero-order valence-corrected chi connectivity index (χ0v) is 15.4. The Bertz CT molecular complexity index is 1010. The number of methoxy groups -OCH3 is 1. The predicted octanol–water partition coefficient (Wildman–Crippen LogP) is 4.25. The van der Waals surface area contributed by atoms with Gasteiger partial charge in [0.15, 0.2) is 0 Å². The third-order valence-corrected chi connectivity index (χ3v) is 4.07. The standard InChI is InChI=1S/C21H20N2O4/c1-4-27-21(25)17-12-22-18-9-8-13(2)10-16(18)19(17)23-15-7-5-6-14(11-15)20(24)26-3/h5-12H,4H2,1-3H3,(H,22,23). The van der Waals surface area contributed by atoms with E-state index in [1.807, 2.05) is 31.2 Å². The Kier molecular flexibility index (Phi) is 5.35. The molecule has 6 nitrogen and oxygen atoms in total. The van der Waals surface area contributed by atoms with Gasteiger partial charge in [0.2, 0.25) is 0 Å². The number of carbonyl (C=O) groups is 2. The topological polar surface area (TPSA) is 77.5 Å². The number of rotatable bonds is 5. The minimum Gasteiger partial charge on any atom is -0.465 e. The maximum Gasteiger partial charge on any atom is 0.341 e. The molecule has 0 spiro atoms. The van der Waals surface area contributed by atoms with Crippen molar-refractivity contribution in [3.8, 4) is 0 Å². The number of benzene rings is 2. The van der Waals surface area contributed by atoms with Crippen molar-refractivity contribution < 1.29 is 19.1 Å². The molecule has 0 bridgehead atoms. The number of hydrogen-bond donors (Lipinski definition) is 1. The smallest absolute Gasteiger partial charge is 0.341 e. The molecule has 0 aliphatic rings. The number of nitrogens with one attached hydrogen (secondary N) is 1. The third kappa shape index (κ3) is 3.89. The number of aryl methyl sites for hydroxylation is 1. The number of hydrogen-bond acceptors (Lipinski definition) is 6. The molecule has 0 aliphatic carbocycles. The number of aromatic nitrogens is 1. The van der Waals surface area contributed by atoms with E-state index in [-0.39, 0.29) is 6.61 Å². The molecule has 0 saturated heterocycles. The zero-order chi connectivity index (χ0) is 19.4. The van der Waals surface area contributed by atoms with Crippen molar-refractivity contribution in [2.75, 3.05) is 19.0 Å². The van der Waals surface area contributed by atoms with Gasteiger partial charge in [-0.3, -0.25) is 4.98 Å². The van der Waals surface area contributed by atoms with Gasteiger partial charge in [0, 0.05) is 17.3 Å². The van der Waals surface area contributed by atoms with Gasteiger partial charge in [-0.1, -0.05) is 17.7 Å². The van der Waals surface area contributed by atoms with Crippen LogP contribution in [0.4, 0.5) is 11.4 Å². The van der Waals surface area contributed by atoms with Gasteiger partial charge in [-0.25, -0.2) is 9.59 Å². The highest BCUT2D eigenvalue weighted by Gasteiger charge is 2.17. The number of ether oxygens (including phenoxy) is 2. The van der Waals surface area contributed by atoms with Gasteiger partial charge >= 0.3 is 11.9 Å². The summed E-state index contributed by atoms with van der Waals surface area (Å²) in [5, 5.41) is 4.05. The Morgan fingerprint density at radius 2 is 1.93 bits per heavy atom. The van der Waals surface area contributed by atoms with Gasteiger partial charge in [0.1, 0.15) is 5.56 Å². The van der Waals surface area contributed by atoms with E-state index < -0.39 is 11.9 Å². The van der Waals surface area contributed by atoms with Crippen LogP contribution in [0.1, 0.15) is 33.2 Å². The molecule has 1 aromatic heterocycles. The molecule has 0 saturated carbocycles. The van der Waals surface area contributed by atoms with Crippen LogP contribution in [0.3, 0.4) is 0 Å². The van der Waals surface area contributed by atoms with Crippen LogP contribution in [0.25, 0.3) is 10.9 Å². The first kappa shape index (κ1) is 18.4. The van der Waals surface area contributed by atoms with E-state index in [0.717, 1.165) is 16.5 Å². The summed E-state index contributed by atoms with van der Waals surface area (Å²) in [7, 11) is 1.33. The summed E-state index contributed by atoms with van der Waals surface area (Å²) < 4.78 is 9.94. The number of anilines is 2. The number of carbonyl (C=O) groups excluding carboxylic acids is 2. The molecule has 0 radical (unpaired) electrons. The van der Waals surface area contributed by atoms with Crippen LogP contribution in [0.15, 0.2) is 48.7 Å². The SMILES string of the molecule is CCOC(=O)c1cnc2ccc(C)cc2c1Nc1cccc(C(=O)OC)c1. The Morgan fingerprint density at radius 1 is 1.11 bits per heavy atom. The van der Waals surface area contributed by atoms with E-state index in [9.17, 15) is 9.59 Å². The average molecular weight is 364 g/mol. The summed E-state index contributed by atoms with van der Waals surface area (Å²) in [5.74, 6) is -0.889. The molecule has 1 heterocycles. The second-order valence-electron chi connectivity index (χ2n) is 5.99. The molecule has 0 unspecified atom stereocenters. The fraction of sp³-hybridized carbons (Fsp3) is 0.190. The molecule has 3 aromatic rings. The first-order valence-corrected chi connectivity index (χ1v) is 8.55. The number of esters is 2. The van der Waals surface area contributed by atoms with Gasteiger partial charge in [-0.2, -0.15) is 0 Å². The van der Waals surface area contributed by atoms with E-state index >= 15 is 0 Å². The van der Waals surface area contributed by atoms with Crippen molar-refractivity contribution in [2.45, 2.75) is 13.8 Å². The Labute approximate surface area is 157 Å². The minimum absolute atomic E-state index is 0.266. The molecule has 138 valence electrons. The number of nitrogens with zero attached hydrogens (tertiary/aromatic N) is 1. The average Bonchev–Trinajstić information content (AvgIpc) is 2.68. The predicted molar refractivity (Wildman–Crippen MR) is 104 cm³/mol.